The van der Waals surface area contributed by atoms with Crippen LogP contribution in [0.4, 0.5) is 0 Å². The van der Waals surface area contributed by atoms with E-state index in [2.05, 4.69) is 48.9 Å². The minimum absolute atomic E-state index is 0.249. The van der Waals surface area contributed by atoms with Crippen LogP contribution in [0, 0.1) is 13.8 Å². The van der Waals surface area contributed by atoms with Gasteiger partial charge in [0, 0.05) is 28.6 Å². The molecule has 0 spiro atoms. The lowest BCUT2D eigenvalue weighted by atomic mass is 10.2. The van der Waals surface area contributed by atoms with Gasteiger partial charge >= 0.3 is 0 Å². The normalized spacial score (nSPS) is 11.2. The fourth-order valence-electron chi connectivity index (χ4n) is 2.70. The summed E-state index contributed by atoms with van der Waals surface area (Å²) in [6.07, 6.45) is 1.68. The summed E-state index contributed by atoms with van der Waals surface area (Å²) in [6.45, 7) is 8.42. The molecule has 0 saturated carbocycles. The van der Waals surface area contributed by atoms with Gasteiger partial charge in [-0.25, -0.2) is 5.43 Å². The molecule has 0 aliphatic carbocycles. The Bertz CT molecular complexity index is 713. The van der Waals surface area contributed by atoms with Crippen molar-refractivity contribution in [1.82, 2.24) is 9.99 Å². The largest absolute Gasteiger partial charge is 0.497 e. The molecule has 1 aromatic heterocycles. The summed E-state index contributed by atoms with van der Waals surface area (Å²) in [7, 11) is 1.59. The lowest BCUT2D eigenvalue weighted by molar-refractivity contribution is 0.0955. The summed E-state index contributed by atoms with van der Waals surface area (Å²) in [5, 5.41) is 4.07. The molecule has 0 atom stereocenters. The Morgan fingerprint density at radius 3 is 2.43 bits per heavy atom. The van der Waals surface area contributed by atoms with E-state index >= 15 is 0 Å². The van der Waals surface area contributed by atoms with Gasteiger partial charge in [0.2, 0.25) is 0 Å². The van der Waals surface area contributed by atoms with Crippen molar-refractivity contribution in [3.05, 3.63) is 52.8 Å². The van der Waals surface area contributed by atoms with Gasteiger partial charge in [-0.05, 0) is 58.0 Å². The van der Waals surface area contributed by atoms with E-state index in [1.54, 1.807) is 37.6 Å². The van der Waals surface area contributed by atoms with Crippen LogP contribution in [0.2, 0.25) is 0 Å². The first-order chi connectivity index (χ1) is 10.9. The molecule has 5 heteroatoms. The Labute approximate surface area is 137 Å². The quantitative estimate of drug-likeness (QED) is 0.679. The minimum Gasteiger partial charge on any atom is -0.497 e. The molecule has 1 amide bonds. The SMILES string of the molecule is COc1ccc(C(=O)N/N=C\c2cc(C)n(C(C)C)c2C)cc1. The molecule has 0 unspecified atom stereocenters. The predicted octanol–water partition coefficient (Wildman–Crippen LogP) is 3.46. The van der Waals surface area contributed by atoms with E-state index in [-0.39, 0.29) is 5.91 Å². The van der Waals surface area contributed by atoms with Gasteiger partial charge in [-0.15, -0.1) is 0 Å². The second-order valence-corrected chi connectivity index (χ2v) is 5.72. The van der Waals surface area contributed by atoms with Crippen molar-refractivity contribution in [2.45, 2.75) is 33.7 Å². The fraction of sp³-hybridized carbons (Fsp3) is 0.333. The van der Waals surface area contributed by atoms with Gasteiger partial charge in [0.1, 0.15) is 5.75 Å². The highest BCUT2D eigenvalue weighted by molar-refractivity contribution is 5.95. The summed E-state index contributed by atoms with van der Waals surface area (Å²) < 4.78 is 7.31. The first-order valence-electron chi connectivity index (χ1n) is 7.60. The highest BCUT2D eigenvalue weighted by Crippen LogP contribution is 2.18. The maximum Gasteiger partial charge on any atom is 0.271 e. The number of aryl methyl sites for hydroxylation is 1. The number of nitrogens with zero attached hydrogens (tertiary/aromatic N) is 2. The number of carbonyl (C=O) groups is 1. The van der Waals surface area contributed by atoms with Gasteiger partial charge in [-0.2, -0.15) is 5.10 Å². The number of benzene rings is 1. The molecule has 1 N–H and O–H groups in total. The number of hydrogen-bond acceptors (Lipinski definition) is 3. The standard InChI is InChI=1S/C18H23N3O2/c1-12(2)21-13(3)10-16(14(21)4)11-19-20-18(22)15-6-8-17(23-5)9-7-15/h6-12H,1-5H3,(H,20,22)/b19-11-. The van der Waals surface area contributed by atoms with E-state index in [1.165, 1.54) is 5.69 Å². The van der Waals surface area contributed by atoms with E-state index in [1.807, 2.05) is 0 Å². The van der Waals surface area contributed by atoms with Crippen molar-refractivity contribution in [1.29, 1.82) is 0 Å². The third kappa shape index (κ3) is 3.80. The van der Waals surface area contributed by atoms with Gasteiger partial charge < -0.3 is 9.30 Å². The second-order valence-electron chi connectivity index (χ2n) is 5.72. The first kappa shape index (κ1) is 16.8. The molecule has 1 aromatic carbocycles. The molecule has 1 heterocycles. The average molecular weight is 313 g/mol. The maximum absolute atomic E-state index is 12.0. The number of aromatic nitrogens is 1. The molecule has 122 valence electrons. The van der Waals surface area contributed by atoms with Crippen LogP contribution in [0.5, 0.6) is 5.75 Å². The molecule has 2 aromatic rings. The van der Waals surface area contributed by atoms with Crippen LogP contribution in [0.15, 0.2) is 35.4 Å². The van der Waals surface area contributed by atoms with E-state index in [9.17, 15) is 4.79 Å². The Kier molecular flexibility index (Phi) is 5.21. The van der Waals surface area contributed by atoms with Crippen LogP contribution in [0.1, 0.15) is 47.2 Å². The highest BCUT2D eigenvalue weighted by Gasteiger charge is 2.10. The van der Waals surface area contributed by atoms with Crippen LogP contribution in [0.3, 0.4) is 0 Å². The Morgan fingerprint density at radius 2 is 1.91 bits per heavy atom. The van der Waals surface area contributed by atoms with Gasteiger partial charge in [-0.1, -0.05) is 0 Å². The predicted molar refractivity (Wildman–Crippen MR) is 92.3 cm³/mol. The highest BCUT2D eigenvalue weighted by atomic mass is 16.5. The van der Waals surface area contributed by atoms with E-state index < -0.39 is 0 Å². The van der Waals surface area contributed by atoms with E-state index in [0.717, 1.165) is 11.3 Å². The number of hydrazone groups is 1. The van der Waals surface area contributed by atoms with Crippen molar-refractivity contribution in [2.24, 2.45) is 5.10 Å². The van der Waals surface area contributed by atoms with Gasteiger partial charge in [-0.3, -0.25) is 4.79 Å². The zero-order valence-corrected chi connectivity index (χ0v) is 14.3. The number of amides is 1. The summed E-state index contributed by atoms with van der Waals surface area (Å²) in [6, 6.07) is 9.36. The zero-order valence-electron chi connectivity index (χ0n) is 14.3. The van der Waals surface area contributed by atoms with Crippen molar-refractivity contribution < 1.29 is 9.53 Å². The van der Waals surface area contributed by atoms with Crippen LogP contribution >= 0.6 is 0 Å². The van der Waals surface area contributed by atoms with Crippen molar-refractivity contribution >= 4 is 12.1 Å². The summed E-state index contributed by atoms with van der Waals surface area (Å²) in [5.41, 5.74) is 6.41. The number of methoxy groups -OCH3 is 1. The first-order valence-corrected chi connectivity index (χ1v) is 7.60. The maximum atomic E-state index is 12.0. The second kappa shape index (κ2) is 7.13. The third-order valence-electron chi connectivity index (χ3n) is 3.76. The number of nitrogens with one attached hydrogen (secondary N) is 1. The van der Waals surface area contributed by atoms with Gasteiger partial charge in [0.15, 0.2) is 0 Å². The Balaban J connectivity index is 2.06. The van der Waals surface area contributed by atoms with Gasteiger partial charge in [0.25, 0.3) is 5.91 Å². The van der Waals surface area contributed by atoms with Crippen LogP contribution in [0.25, 0.3) is 0 Å². The lowest BCUT2D eigenvalue weighted by Crippen LogP contribution is -2.17. The monoisotopic (exact) mass is 313 g/mol. The topological polar surface area (TPSA) is 55.6 Å². The van der Waals surface area contributed by atoms with Crippen LogP contribution in [-0.4, -0.2) is 23.8 Å². The van der Waals surface area contributed by atoms with Crippen molar-refractivity contribution in [3.8, 4) is 5.75 Å². The molecule has 0 fully saturated rings. The zero-order chi connectivity index (χ0) is 17.0. The molecule has 0 aliphatic rings. The van der Waals surface area contributed by atoms with Crippen LogP contribution < -0.4 is 10.2 Å². The van der Waals surface area contributed by atoms with Crippen molar-refractivity contribution in [3.63, 3.8) is 0 Å². The third-order valence-corrected chi connectivity index (χ3v) is 3.76. The molecule has 0 aliphatic heterocycles. The molecule has 0 radical (unpaired) electrons. The Morgan fingerprint density at radius 1 is 1.26 bits per heavy atom. The number of carbonyl (C=O) groups excluding carboxylic acids is 1. The molecular weight excluding hydrogens is 290 g/mol. The minimum atomic E-state index is -0.249. The lowest BCUT2D eigenvalue weighted by Gasteiger charge is -2.13. The molecule has 0 bridgehead atoms. The number of hydrogen-bond donors (Lipinski definition) is 1. The number of ether oxygens (including phenoxy) is 1. The van der Waals surface area contributed by atoms with E-state index in [0.29, 0.717) is 17.4 Å². The molecule has 0 saturated heterocycles. The molecule has 2 rings (SSSR count). The summed E-state index contributed by atoms with van der Waals surface area (Å²) in [4.78, 5) is 12.0. The van der Waals surface area contributed by atoms with Crippen LogP contribution in [-0.2, 0) is 0 Å². The smallest absolute Gasteiger partial charge is 0.271 e. The number of rotatable bonds is 5. The van der Waals surface area contributed by atoms with Gasteiger partial charge in [0.05, 0.1) is 13.3 Å². The molecule has 23 heavy (non-hydrogen) atoms. The average Bonchev–Trinajstić information content (AvgIpc) is 2.81. The molecular formula is C18H23N3O2. The summed E-state index contributed by atoms with van der Waals surface area (Å²) >= 11 is 0. The Hall–Kier alpha value is -2.56. The summed E-state index contributed by atoms with van der Waals surface area (Å²) in [5.74, 6) is 0.466. The van der Waals surface area contributed by atoms with Crippen molar-refractivity contribution in [2.75, 3.05) is 7.11 Å². The van der Waals surface area contributed by atoms with E-state index in [4.69, 9.17) is 4.74 Å². The molecule has 5 nitrogen and oxygen atoms in total. The fourth-order valence-corrected chi connectivity index (χ4v) is 2.70.